The standard InChI is InChI=1S/C7H5N/c1-2-6-4-8-5-7(6)3-1/h1-5H. The Morgan fingerprint density at radius 1 is 1.25 bits per heavy atom. The maximum atomic E-state index is 3.96. The van der Waals surface area contributed by atoms with Gasteiger partial charge >= 0.3 is 0 Å². The van der Waals surface area contributed by atoms with E-state index >= 15 is 0 Å². The number of aliphatic imine (C=N–C) groups is 1. The topological polar surface area (TPSA) is 12.4 Å². The highest BCUT2D eigenvalue weighted by molar-refractivity contribution is 5.91. The molecule has 0 aromatic carbocycles. The maximum absolute atomic E-state index is 3.96. The fraction of sp³-hybridized carbons (Fsp3) is 0. The molecule has 0 saturated heterocycles. The van der Waals surface area contributed by atoms with Gasteiger partial charge in [-0.25, -0.2) is 0 Å². The number of hydrogen-bond donors (Lipinski definition) is 0. The third kappa shape index (κ3) is 0.334. The van der Waals surface area contributed by atoms with Gasteiger partial charge in [0.25, 0.3) is 0 Å². The smallest absolute Gasteiger partial charge is 0.0347 e. The minimum Gasteiger partial charge on any atom is -0.263 e. The molecule has 0 spiro atoms. The highest BCUT2D eigenvalue weighted by Crippen LogP contribution is 2.19. The zero-order valence-corrected chi connectivity index (χ0v) is 4.33. The lowest BCUT2D eigenvalue weighted by molar-refractivity contribution is 1.60. The van der Waals surface area contributed by atoms with Gasteiger partial charge in [0, 0.05) is 23.6 Å². The van der Waals surface area contributed by atoms with E-state index in [1.165, 1.54) is 11.1 Å². The van der Waals surface area contributed by atoms with Crippen LogP contribution in [0.5, 0.6) is 0 Å². The van der Waals surface area contributed by atoms with Crippen LogP contribution in [0.25, 0.3) is 0 Å². The third-order valence-corrected chi connectivity index (χ3v) is 1.31. The molecule has 1 heteroatoms. The second-order valence-electron chi connectivity index (χ2n) is 1.84. The van der Waals surface area contributed by atoms with Crippen LogP contribution in [-0.4, -0.2) is 6.21 Å². The first-order valence-corrected chi connectivity index (χ1v) is 2.59. The van der Waals surface area contributed by atoms with E-state index in [0.29, 0.717) is 0 Å². The summed E-state index contributed by atoms with van der Waals surface area (Å²) >= 11 is 0. The van der Waals surface area contributed by atoms with Gasteiger partial charge < -0.3 is 0 Å². The van der Waals surface area contributed by atoms with Crippen molar-refractivity contribution in [1.29, 1.82) is 0 Å². The zero-order valence-electron chi connectivity index (χ0n) is 4.33. The van der Waals surface area contributed by atoms with Crippen molar-refractivity contribution in [3.63, 3.8) is 0 Å². The molecule has 0 bridgehead atoms. The molecule has 0 radical (unpaired) electrons. The fourth-order valence-corrected chi connectivity index (χ4v) is 0.881. The molecule has 38 valence electrons. The molecule has 8 heavy (non-hydrogen) atoms. The lowest BCUT2D eigenvalue weighted by Crippen LogP contribution is -1.73. The minimum atomic E-state index is 1.24. The van der Waals surface area contributed by atoms with Crippen LogP contribution in [0.15, 0.2) is 40.6 Å². The van der Waals surface area contributed by atoms with Crippen molar-refractivity contribution in [2.24, 2.45) is 4.99 Å². The van der Waals surface area contributed by atoms with E-state index in [1.54, 1.807) is 0 Å². The summed E-state index contributed by atoms with van der Waals surface area (Å²) in [6, 6.07) is 0. The van der Waals surface area contributed by atoms with Gasteiger partial charge in [-0.3, -0.25) is 4.99 Å². The Hall–Kier alpha value is -1.11. The summed E-state index contributed by atoms with van der Waals surface area (Å²) in [6.07, 6.45) is 9.89. The first-order valence-electron chi connectivity index (χ1n) is 2.59. The van der Waals surface area contributed by atoms with Crippen molar-refractivity contribution in [3.8, 4) is 0 Å². The van der Waals surface area contributed by atoms with E-state index in [1.807, 2.05) is 18.5 Å². The summed E-state index contributed by atoms with van der Waals surface area (Å²) in [7, 11) is 0. The summed E-state index contributed by atoms with van der Waals surface area (Å²) < 4.78 is 0. The number of allylic oxidation sites excluding steroid dienone is 5. The average molecular weight is 103 g/mol. The Labute approximate surface area is 47.7 Å². The van der Waals surface area contributed by atoms with Gasteiger partial charge in [0.05, 0.1) is 0 Å². The summed E-state index contributed by atoms with van der Waals surface area (Å²) in [5.41, 5.74) is 2.48. The Bertz CT molecular complexity index is 203. The lowest BCUT2D eigenvalue weighted by Gasteiger charge is -1.82. The van der Waals surface area contributed by atoms with Crippen molar-refractivity contribution in [3.05, 3.63) is 35.6 Å². The third-order valence-electron chi connectivity index (χ3n) is 1.31. The van der Waals surface area contributed by atoms with E-state index in [0.717, 1.165) is 0 Å². The fourth-order valence-electron chi connectivity index (χ4n) is 0.881. The minimum absolute atomic E-state index is 1.24. The van der Waals surface area contributed by atoms with Gasteiger partial charge in [-0.2, -0.15) is 0 Å². The Morgan fingerprint density at radius 3 is 3.12 bits per heavy atom. The molecule has 0 N–H and O–H groups in total. The Morgan fingerprint density at radius 2 is 2.25 bits per heavy atom. The van der Waals surface area contributed by atoms with Crippen LogP contribution in [0.4, 0.5) is 0 Å². The second-order valence-corrected chi connectivity index (χ2v) is 1.84. The zero-order chi connectivity index (χ0) is 5.40. The van der Waals surface area contributed by atoms with Crippen LogP contribution in [-0.2, 0) is 0 Å². The van der Waals surface area contributed by atoms with Crippen LogP contribution < -0.4 is 0 Å². The van der Waals surface area contributed by atoms with Crippen molar-refractivity contribution in [1.82, 2.24) is 0 Å². The second kappa shape index (κ2) is 1.19. The number of fused-ring (bicyclic) bond motifs is 1. The largest absolute Gasteiger partial charge is 0.263 e. The highest BCUT2D eigenvalue weighted by Gasteiger charge is 2.05. The summed E-state index contributed by atoms with van der Waals surface area (Å²) in [5.74, 6) is 0. The quantitative estimate of drug-likeness (QED) is 0.440. The van der Waals surface area contributed by atoms with Gasteiger partial charge in [-0.1, -0.05) is 18.2 Å². The molecular formula is C7H5N. The van der Waals surface area contributed by atoms with Crippen molar-refractivity contribution in [2.45, 2.75) is 0 Å². The van der Waals surface area contributed by atoms with E-state index in [9.17, 15) is 0 Å². The molecule has 1 aliphatic heterocycles. The number of hydrogen-bond acceptors (Lipinski definition) is 1. The van der Waals surface area contributed by atoms with Crippen molar-refractivity contribution < 1.29 is 0 Å². The maximum Gasteiger partial charge on any atom is 0.0347 e. The van der Waals surface area contributed by atoms with Gasteiger partial charge in [0.15, 0.2) is 0 Å². The van der Waals surface area contributed by atoms with Crippen LogP contribution in [0.1, 0.15) is 0 Å². The van der Waals surface area contributed by atoms with E-state index in [4.69, 9.17) is 0 Å². The lowest BCUT2D eigenvalue weighted by atomic mass is 10.2. The Kier molecular flexibility index (Phi) is 0.570. The van der Waals surface area contributed by atoms with Gasteiger partial charge in [-0.15, -0.1) is 0 Å². The monoisotopic (exact) mass is 103 g/mol. The molecule has 0 aromatic rings. The Balaban J connectivity index is 2.59. The van der Waals surface area contributed by atoms with Crippen molar-refractivity contribution in [2.75, 3.05) is 0 Å². The molecule has 0 fully saturated rings. The van der Waals surface area contributed by atoms with Gasteiger partial charge in [0.2, 0.25) is 0 Å². The van der Waals surface area contributed by atoms with E-state index in [2.05, 4.69) is 17.1 Å². The SMILES string of the molecule is C1=CC2=CN=CC2=C1. The van der Waals surface area contributed by atoms with Crippen LogP contribution in [0.2, 0.25) is 0 Å². The average Bonchev–Trinajstić information content (AvgIpc) is 2.15. The molecule has 0 amide bonds. The van der Waals surface area contributed by atoms with Gasteiger partial charge in [-0.05, 0) is 0 Å². The first kappa shape index (κ1) is 3.84. The summed E-state index contributed by atoms with van der Waals surface area (Å²) in [6.45, 7) is 0. The number of nitrogens with zero attached hydrogens (tertiary/aromatic N) is 1. The van der Waals surface area contributed by atoms with E-state index < -0.39 is 0 Å². The van der Waals surface area contributed by atoms with Crippen LogP contribution >= 0.6 is 0 Å². The molecule has 2 aliphatic rings. The molecular weight excluding hydrogens is 98.1 g/mol. The molecule has 2 rings (SSSR count). The molecule has 0 saturated carbocycles. The normalized spacial score (nSPS) is 21.0. The first-order chi connectivity index (χ1) is 3.97. The molecule has 0 atom stereocenters. The predicted octanol–water partition coefficient (Wildman–Crippen LogP) is 1.45. The highest BCUT2D eigenvalue weighted by atomic mass is 14.7. The molecule has 0 unspecified atom stereocenters. The van der Waals surface area contributed by atoms with Crippen LogP contribution in [0.3, 0.4) is 0 Å². The van der Waals surface area contributed by atoms with Crippen molar-refractivity contribution >= 4 is 6.21 Å². The number of rotatable bonds is 0. The molecule has 1 heterocycles. The van der Waals surface area contributed by atoms with E-state index in [-0.39, 0.29) is 0 Å². The van der Waals surface area contributed by atoms with Crippen LogP contribution in [0, 0.1) is 0 Å². The summed E-state index contributed by atoms with van der Waals surface area (Å²) in [5, 5.41) is 0. The summed E-state index contributed by atoms with van der Waals surface area (Å²) in [4.78, 5) is 3.96. The molecule has 1 nitrogen and oxygen atoms in total. The molecule has 1 aliphatic carbocycles. The predicted molar refractivity (Wildman–Crippen MR) is 33.8 cm³/mol. The van der Waals surface area contributed by atoms with Gasteiger partial charge in [0.1, 0.15) is 0 Å². The molecule has 0 aromatic heterocycles.